The second-order valence-electron chi connectivity index (χ2n) is 9.84. The number of guanidine groups is 1. The van der Waals surface area contributed by atoms with Gasteiger partial charge in [0.05, 0.1) is 20.3 Å². The first-order chi connectivity index (χ1) is 20.6. The Morgan fingerprint density at radius 3 is 2.09 bits per heavy atom. The molecule has 0 spiro atoms. The molecule has 3 atom stereocenters. The number of nitrogens with two attached hydrogens (primary N) is 2. The zero-order valence-electron chi connectivity index (χ0n) is 24.5. The standard InChI is InChI=1S/C29H43N7O7/c1-42-24-11-8-19(17-25(24)43-2)16-23(27(40)33-13-4-14-37)36-28(41)22(5-3-12-34-29(31)32)35-26(39)21(30)15-18-6-9-20(38)10-7-18/h6-11,17,21-23,37-38H,3-5,12-16,30H2,1-2H3,(H,33,40)(H,35,39)(H,36,41)(H4,31,32,34)/t21-,22+,23-/m0/s1. The maximum Gasteiger partial charge on any atom is 0.243 e. The average Bonchev–Trinajstić information content (AvgIpc) is 2.99. The number of carbonyl (C=O) groups excluding carboxylic acids is 3. The smallest absolute Gasteiger partial charge is 0.243 e. The van der Waals surface area contributed by atoms with E-state index < -0.39 is 35.8 Å². The number of aromatic hydroxyl groups is 1. The Bertz CT molecular complexity index is 1210. The lowest BCUT2D eigenvalue weighted by Crippen LogP contribution is -2.56. The summed E-state index contributed by atoms with van der Waals surface area (Å²) in [6, 6.07) is 8.35. The van der Waals surface area contributed by atoms with Crippen LogP contribution in [0.3, 0.4) is 0 Å². The topological polar surface area (TPSA) is 234 Å². The highest BCUT2D eigenvalue weighted by molar-refractivity contribution is 5.93. The number of amides is 3. The van der Waals surface area contributed by atoms with E-state index in [0.717, 1.165) is 5.56 Å². The van der Waals surface area contributed by atoms with Crippen LogP contribution in [0.4, 0.5) is 0 Å². The largest absolute Gasteiger partial charge is 0.508 e. The van der Waals surface area contributed by atoms with Crippen molar-refractivity contribution in [1.29, 1.82) is 5.41 Å². The molecule has 0 aromatic heterocycles. The molecule has 2 aromatic carbocycles. The summed E-state index contributed by atoms with van der Waals surface area (Å²) in [5.41, 5.74) is 12.9. The third-order valence-corrected chi connectivity index (χ3v) is 6.50. The Hall–Kier alpha value is -4.56. The van der Waals surface area contributed by atoms with Crippen LogP contribution in [-0.4, -0.2) is 85.9 Å². The Morgan fingerprint density at radius 1 is 0.837 bits per heavy atom. The van der Waals surface area contributed by atoms with Crippen molar-refractivity contribution in [2.24, 2.45) is 11.5 Å². The Kier molecular flexibility index (Phi) is 14.6. The van der Waals surface area contributed by atoms with Crippen LogP contribution in [0.25, 0.3) is 0 Å². The molecule has 0 aliphatic heterocycles. The second-order valence-corrected chi connectivity index (χ2v) is 9.84. The van der Waals surface area contributed by atoms with E-state index in [2.05, 4.69) is 21.3 Å². The highest BCUT2D eigenvalue weighted by Gasteiger charge is 2.28. The predicted molar refractivity (Wildman–Crippen MR) is 161 cm³/mol. The number of hydrogen-bond donors (Lipinski definition) is 9. The summed E-state index contributed by atoms with van der Waals surface area (Å²) in [6.07, 6.45) is 1.14. The molecule has 2 rings (SSSR count). The first-order valence-electron chi connectivity index (χ1n) is 13.9. The van der Waals surface area contributed by atoms with Gasteiger partial charge in [0, 0.05) is 26.1 Å². The molecule has 0 saturated carbocycles. The molecule has 0 unspecified atom stereocenters. The summed E-state index contributed by atoms with van der Waals surface area (Å²) in [6.45, 7) is 0.377. The van der Waals surface area contributed by atoms with Gasteiger partial charge >= 0.3 is 0 Å². The number of rotatable bonds is 18. The van der Waals surface area contributed by atoms with Crippen LogP contribution in [0.2, 0.25) is 0 Å². The molecular weight excluding hydrogens is 558 g/mol. The fourth-order valence-electron chi connectivity index (χ4n) is 4.19. The van der Waals surface area contributed by atoms with Gasteiger partial charge in [-0.15, -0.1) is 0 Å². The van der Waals surface area contributed by atoms with E-state index >= 15 is 0 Å². The molecule has 14 nitrogen and oxygen atoms in total. The fourth-order valence-corrected chi connectivity index (χ4v) is 4.19. The van der Waals surface area contributed by atoms with Crippen LogP contribution in [0.1, 0.15) is 30.4 Å². The molecule has 0 aliphatic carbocycles. The summed E-state index contributed by atoms with van der Waals surface area (Å²) in [5.74, 6) is -0.825. The van der Waals surface area contributed by atoms with Crippen LogP contribution < -0.4 is 42.2 Å². The van der Waals surface area contributed by atoms with Crippen molar-refractivity contribution in [2.45, 2.75) is 50.2 Å². The fraction of sp³-hybridized carbons (Fsp3) is 0.448. The van der Waals surface area contributed by atoms with Gasteiger partial charge < -0.3 is 52.4 Å². The van der Waals surface area contributed by atoms with Crippen molar-refractivity contribution >= 4 is 23.7 Å². The van der Waals surface area contributed by atoms with Gasteiger partial charge in [0.2, 0.25) is 17.7 Å². The lowest BCUT2D eigenvalue weighted by Gasteiger charge is -2.25. The van der Waals surface area contributed by atoms with Gasteiger partial charge in [-0.3, -0.25) is 19.8 Å². The van der Waals surface area contributed by atoms with Gasteiger partial charge in [0.1, 0.15) is 17.8 Å². The second kappa shape index (κ2) is 18.1. The van der Waals surface area contributed by atoms with Crippen molar-refractivity contribution < 1.29 is 34.1 Å². The third-order valence-electron chi connectivity index (χ3n) is 6.50. The molecule has 0 aliphatic rings. The molecular formula is C29H43N7O7. The zero-order valence-corrected chi connectivity index (χ0v) is 24.5. The number of hydrogen-bond acceptors (Lipinski definition) is 9. The number of aliphatic hydroxyl groups excluding tert-OH is 1. The lowest BCUT2D eigenvalue weighted by atomic mass is 10.0. The molecule has 0 saturated heterocycles. The number of methoxy groups -OCH3 is 2. The predicted octanol–water partition coefficient (Wildman–Crippen LogP) is -0.747. The van der Waals surface area contributed by atoms with Gasteiger partial charge in [-0.05, 0) is 61.1 Å². The summed E-state index contributed by atoms with van der Waals surface area (Å²) in [4.78, 5) is 39.7. The van der Waals surface area contributed by atoms with E-state index in [9.17, 15) is 19.5 Å². The number of benzene rings is 2. The normalized spacial score (nSPS) is 12.7. The van der Waals surface area contributed by atoms with Crippen LogP contribution in [0, 0.1) is 5.41 Å². The van der Waals surface area contributed by atoms with Gasteiger partial charge in [-0.25, -0.2) is 0 Å². The van der Waals surface area contributed by atoms with Gasteiger partial charge in [-0.2, -0.15) is 0 Å². The Balaban J connectivity index is 2.22. The molecule has 0 bridgehead atoms. The highest BCUT2D eigenvalue weighted by Crippen LogP contribution is 2.28. The summed E-state index contributed by atoms with van der Waals surface area (Å²) < 4.78 is 10.6. The van der Waals surface area contributed by atoms with Gasteiger partial charge in [-0.1, -0.05) is 18.2 Å². The van der Waals surface area contributed by atoms with Crippen molar-refractivity contribution in [3.05, 3.63) is 53.6 Å². The number of nitrogens with one attached hydrogen (secondary N) is 5. The van der Waals surface area contributed by atoms with E-state index in [1.54, 1.807) is 30.3 Å². The molecule has 2 aromatic rings. The van der Waals surface area contributed by atoms with E-state index in [4.69, 9.17) is 31.5 Å². The van der Waals surface area contributed by atoms with Crippen LogP contribution in [0.5, 0.6) is 17.2 Å². The molecule has 14 heteroatoms. The number of carbonyl (C=O) groups is 3. The molecule has 3 amide bonds. The number of ether oxygens (including phenoxy) is 2. The van der Waals surface area contributed by atoms with Crippen molar-refractivity contribution in [3.63, 3.8) is 0 Å². The SMILES string of the molecule is COc1ccc(C[C@H](NC(=O)[C@@H](CCCNC(=N)N)NC(=O)[C@@H](N)Cc2ccc(O)cc2)C(=O)NCCCO)cc1OC. The molecule has 0 radical (unpaired) electrons. The average molecular weight is 602 g/mol. The maximum absolute atomic E-state index is 13.5. The van der Waals surface area contributed by atoms with Crippen molar-refractivity contribution in [1.82, 2.24) is 21.3 Å². The number of phenolic OH excluding ortho intramolecular Hbond substituents is 1. The highest BCUT2D eigenvalue weighted by atomic mass is 16.5. The Labute approximate surface area is 251 Å². The first kappa shape index (κ1) is 34.6. The third kappa shape index (κ3) is 12.1. The molecule has 11 N–H and O–H groups in total. The monoisotopic (exact) mass is 601 g/mol. The van der Waals surface area contributed by atoms with E-state index in [-0.39, 0.29) is 50.7 Å². The van der Waals surface area contributed by atoms with Gasteiger partial charge in [0.25, 0.3) is 0 Å². The lowest BCUT2D eigenvalue weighted by molar-refractivity contribution is -0.132. The van der Waals surface area contributed by atoms with Crippen LogP contribution in [-0.2, 0) is 27.2 Å². The number of aliphatic hydroxyl groups is 1. The maximum atomic E-state index is 13.5. The zero-order chi connectivity index (χ0) is 31.8. The van der Waals surface area contributed by atoms with Gasteiger partial charge in [0.15, 0.2) is 17.5 Å². The number of phenols is 1. The minimum Gasteiger partial charge on any atom is -0.508 e. The van der Waals surface area contributed by atoms with E-state index in [0.29, 0.717) is 29.9 Å². The molecule has 0 heterocycles. The summed E-state index contributed by atoms with van der Waals surface area (Å²) >= 11 is 0. The van der Waals surface area contributed by atoms with E-state index in [1.165, 1.54) is 26.4 Å². The first-order valence-corrected chi connectivity index (χ1v) is 13.9. The van der Waals surface area contributed by atoms with E-state index in [1.807, 2.05) is 0 Å². The molecule has 43 heavy (non-hydrogen) atoms. The van der Waals surface area contributed by atoms with Crippen molar-refractivity contribution in [3.8, 4) is 17.2 Å². The molecule has 0 fully saturated rings. The minimum atomic E-state index is -1.05. The van der Waals surface area contributed by atoms with Crippen molar-refractivity contribution in [2.75, 3.05) is 33.9 Å². The summed E-state index contributed by atoms with van der Waals surface area (Å²) in [5, 5.41) is 36.8. The minimum absolute atomic E-state index is 0.0840. The molecule has 236 valence electrons. The Morgan fingerprint density at radius 2 is 1.47 bits per heavy atom. The quantitative estimate of drug-likeness (QED) is 0.0589. The summed E-state index contributed by atoms with van der Waals surface area (Å²) in [7, 11) is 3.00. The van der Waals surface area contributed by atoms with Crippen LogP contribution in [0.15, 0.2) is 42.5 Å². The van der Waals surface area contributed by atoms with Crippen LogP contribution >= 0.6 is 0 Å².